The lowest BCUT2D eigenvalue weighted by Crippen LogP contribution is -2.65. The van der Waals surface area contributed by atoms with Crippen LogP contribution in [0.1, 0.15) is 114 Å². The molecule has 2 aromatic rings. The number of amides is 1. The van der Waals surface area contributed by atoms with E-state index in [0.717, 1.165) is 23.3 Å². The summed E-state index contributed by atoms with van der Waals surface area (Å²) in [7, 11) is 6.46. The van der Waals surface area contributed by atoms with E-state index in [-0.39, 0.29) is 41.7 Å². The maximum absolute atomic E-state index is 14.4. The van der Waals surface area contributed by atoms with Gasteiger partial charge in [0.25, 0.3) is 5.91 Å². The number of anilines is 1. The Hall–Kier alpha value is -3.75. The number of carbonyl (C=O) groups excluding carboxylic acids is 3. The molecule has 0 bridgehead atoms. The van der Waals surface area contributed by atoms with E-state index in [4.69, 9.17) is 48.4 Å². The van der Waals surface area contributed by atoms with Crippen LogP contribution in [0.5, 0.6) is 0 Å². The van der Waals surface area contributed by atoms with Gasteiger partial charge in [-0.05, 0) is 92.1 Å². The van der Waals surface area contributed by atoms with Crippen LogP contribution in [0.2, 0.25) is 0 Å². The fourth-order valence-electron chi connectivity index (χ4n) is 11.3. The molecule has 1 aromatic heterocycles. The standard InChI is InChI=1S/C58H89N3O17S/c1-13-42-37(29-72-57-52(71-12)51(70-11)47(65)33(5)74-57)24-30(2)21-22-40(62)31(3)25-38(43-26-39(54(59)79-43)55(68)60-23-17-20-36-18-15-14-16-19-36)49(32(4)41(63)27-44(64)76-42)78-56-48(66)46(61(9)10)50(34(6)75-56)77-45-28-58(8,69)53(67)35(7)73-45/h14-16,18-19,21-22,24,26,31-35,37-38,41-42,45-53,56-57,63,65-67,69H,13,17,20,23,25,27-29,59H2,1-12H3,(H,60,68)/b22-21+,30-24+/t31-,32+,33-,34-,35+,37-,38-,41-,42-,45+,46-,47-,48-,49-,50-,51-,52-,53+,56+,57-,58-/m1/s1. The molecule has 1 amide bonds. The third-order valence-corrected chi connectivity index (χ3v) is 17.2. The number of ketones is 1. The number of cyclic esters (lactones) is 1. The Kier molecular flexibility index (Phi) is 23.6. The number of nitrogens with zero attached hydrogens (tertiary/aromatic N) is 1. The van der Waals surface area contributed by atoms with Crippen molar-refractivity contribution in [2.45, 2.75) is 204 Å². The zero-order valence-electron chi connectivity index (χ0n) is 48.0. The van der Waals surface area contributed by atoms with Crippen LogP contribution in [-0.2, 0) is 58.6 Å². The van der Waals surface area contributed by atoms with Crippen LogP contribution >= 0.6 is 11.3 Å². The quantitative estimate of drug-likeness (QED) is 0.0853. The monoisotopic (exact) mass is 1130 g/mol. The molecule has 79 heavy (non-hydrogen) atoms. The summed E-state index contributed by atoms with van der Waals surface area (Å²) in [6, 6.07) is 10.8. The highest BCUT2D eigenvalue weighted by molar-refractivity contribution is 7.16. The number of allylic oxidation sites excluding steroid dienone is 3. The number of nitrogens with two attached hydrogens (primary N) is 1. The maximum Gasteiger partial charge on any atom is 0.308 e. The molecular formula is C58H89N3O17S. The molecule has 4 aliphatic rings. The second-order valence-electron chi connectivity index (χ2n) is 22.5. The van der Waals surface area contributed by atoms with Gasteiger partial charge in [-0.2, -0.15) is 0 Å². The average molecular weight is 1130 g/mol. The minimum absolute atomic E-state index is 0.0298. The van der Waals surface area contributed by atoms with Crippen molar-refractivity contribution < 1.29 is 82.5 Å². The molecule has 0 spiro atoms. The lowest BCUT2D eigenvalue weighted by Gasteiger charge is -2.50. The minimum Gasteiger partial charge on any atom is -0.462 e. The Labute approximate surface area is 469 Å². The molecule has 444 valence electrons. The van der Waals surface area contributed by atoms with E-state index >= 15 is 0 Å². The van der Waals surface area contributed by atoms with Gasteiger partial charge in [-0.3, -0.25) is 14.4 Å². The van der Waals surface area contributed by atoms with E-state index in [1.165, 1.54) is 27.2 Å². The van der Waals surface area contributed by atoms with Crippen molar-refractivity contribution in [3.63, 3.8) is 0 Å². The number of benzene rings is 1. The number of thiophene rings is 1. The number of nitrogens with one attached hydrogen (secondary N) is 1. The first-order valence-electron chi connectivity index (χ1n) is 27.8. The molecule has 5 heterocycles. The van der Waals surface area contributed by atoms with E-state index in [9.17, 15) is 39.9 Å². The molecule has 0 saturated carbocycles. The molecule has 0 radical (unpaired) electrons. The van der Waals surface area contributed by atoms with E-state index < -0.39 is 140 Å². The van der Waals surface area contributed by atoms with Crippen molar-refractivity contribution >= 4 is 34.0 Å². The highest BCUT2D eigenvalue weighted by Crippen LogP contribution is 2.43. The van der Waals surface area contributed by atoms with Crippen LogP contribution in [0, 0.1) is 17.8 Å². The van der Waals surface area contributed by atoms with Gasteiger partial charge in [0, 0.05) is 55.7 Å². The number of rotatable bonds is 17. The van der Waals surface area contributed by atoms with E-state index in [1.54, 1.807) is 65.8 Å². The van der Waals surface area contributed by atoms with Gasteiger partial charge in [-0.1, -0.05) is 68.8 Å². The third kappa shape index (κ3) is 16.3. The molecule has 3 saturated heterocycles. The predicted molar refractivity (Wildman–Crippen MR) is 295 cm³/mol. The summed E-state index contributed by atoms with van der Waals surface area (Å²) in [6.07, 6.45) is -8.44. The summed E-state index contributed by atoms with van der Waals surface area (Å²) in [4.78, 5) is 44.8. The number of likely N-dealkylation sites (N-methyl/N-ethyl adjacent to an activating group) is 1. The number of ether oxygens (including phenoxy) is 9. The molecule has 8 N–H and O–H groups in total. The molecule has 0 aliphatic carbocycles. The number of aryl methyl sites for hydroxylation is 1. The average Bonchev–Trinajstić information content (AvgIpc) is 3.83. The minimum atomic E-state index is -1.52. The number of nitrogen functional groups attached to an aromatic ring is 1. The maximum atomic E-state index is 14.4. The summed E-state index contributed by atoms with van der Waals surface area (Å²) in [5.41, 5.74) is 7.20. The Morgan fingerprint density at radius 1 is 0.886 bits per heavy atom. The van der Waals surface area contributed by atoms with Gasteiger partial charge in [0.2, 0.25) is 0 Å². The molecule has 0 unspecified atom stereocenters. The Morgan fingerprint density at radius 3 is 2.22 bits per heavy atom. The van der Waals surface area contributed by atoms with Gasteiger partial charge in [0.1, 0.15) is 42.7 Å². The van der Waals surface area contributed by atoms with Crippen molar-refractivity contribution in [3.8, 4) is 0 Å². The molecule has 21 atom stereocenters. The highest BCUT2D eigenvalue weighted by Gasteiger charge is 2.52. The molecule has 3 fully saturated rings. The zero-order chi connectivity index (χ0) is 58.0. The largest absolute Gasteiger partial charge is 0.462 e. The first-order chi connectivity index (χ1) is 37.4. The zero-order valence-corrected chi connectivity index (χ0v) is 48.8. The molecule has 4 aliphatic heterocycles. The summed E-state index contributed by atoms with van der Waals surface area (Å²) in [5.74, 6) is -4.35. The second kappa shape index (κ2) is 29.0. The normalized spacial score (nSPS) is 39.4. The van der Waals surface area contributed by atoms with Crippen molar-refractivity contribution in [2.24, 2.45) is 17.8 Å². The van der Waals surface area contributed by atoms with Gasteiger partial charge in [0.15, 0.2) is 24.7 Å². The summed E-state index contributed by atoms with van der Waals surface area (Å²) in [6.45, 7) is 14.1. The van der Waals surface area contributed by atoms with Crippen LogP contribution in [0.15, 0.2) is 60.2 Å². The summed E-state index contributed by atoms with van der Waals surface area (Å²) < 4.78 is 55.9. The van der Waals surface area contributed by atoms with Crippen molar-refractivity contribution in [2.75, 3.05) is 47.2 Å². The summed E-state index contributed by atoms with van der Waals surface area (Å²) in [5, 5.41) is 60.4. The fraction of sp³-hybridized carbons (Fsp3) is 0.707. The Bertz CT molecular complexity index is 2330. The number of carbonyl (C=O) groups is 3. The van der Waals surface area contributed by atoms with Gasteiger partial charge < -0.3 is 84.1 Å². The first-order valence-corrected chi connectivity index (χ1v) is 28.6. The molecule has 21 heteroatoms. The number of aliphatic hydroxyl groups excluding tert-OH is 4. The number of esters is 1. The smallest absolute Gasteiger partial charge is 0.308 e. The predicted octanol–water partition coefficient (Wildman–Crippen LogP) is 4.42. The van der Waals surface area contributed by atoms with E-state index in [0.29, 0.717) is 29.8 Å². The lowest BCUT2D eigenvalue weighted by atomic mass is 9.80. The molecule has 6 rings (SSSR count). The SMILES string of the molecule is CC[C@H]1OC(=O)C[C@@H](O)[C@H](C)[C@@H](O[C@@H]2O[C@H](C)[C@@H](O[C@H]3C[C@@](C)(O)[C@@H](O)[C@H](C)O3)[C@H](N(C)C)[C@H]2O)[C@@H](c2cc(C(=O)NCCCc3ccccc3)c(N)s2)C[C@@H](C)C(=O)/C=C/C(C)=C/[C@@H]1CO[C@@H]1O[C@H](C)[C@@H](O)[C@@H](OC)[C@H]1OC. The van der Waals surface area contributed by atoms with Crippen molar-refractivity contribution in [3.05, 3.63) is 76.2 Å². The number of aliphatic hydroxyl groups is 5. The number of hydrogen-bond acceptors (Lipinski definition) is 20. The topological polar surface area (TPSA) is 277 Å². The van der Waals surface area contributed by atoms with Gasteiger partial charge in [-0.15, -0.1) is 11.3 Å². The van der Waals surface area contributed by atoms with Crippen LogP contribution in [0.25, 0.3) is 0 Å². The number of methoxy groups -OCH3 is 2. The van der Waals surface area contributed by atoms with Gasteiger partial charge in [0.05, 0.1) is 65.8 Å². The first kappa shape index (κ1) is 64.4. The van der Waals surface area contributed by atoms with Crippen molar-refractivity contribution in [1.29, 1.82) is 0 Å². The number of hydrogen-bond donors (Lipinski definition) is 7. The highest BCUT2D eigenvalue weighted by atomic mass is 32.1. The van der Waals surface area contributed by atoms with Gasteiger partial charge in [-0.25, -0.2) is 0 Å². The van der Waals surface area contributed by atoms with Gasteiger partial charge >= 0.3 is 5.97 Å². The van der Waals surface area contributed by atoms with Crippen molar-refractivity contribution in [1.82, 2.24) is 10.2 Å². The summed E-state index contributed by atoms with van der Waals surface area (Å²) >= 11 is 1.15. The second-order valence-corrected chi connectivity index (χ2v) is 23.6. The Balaban J connectivity index is 1.34. The van der Waals surface area contributed by atoms with Crippen LogP contribution in [-0.4, -0.2) is 193 Å². The fourth-order valence-corrected chi connectivity index (χ4v) is 12.4. The van der Waals surface area contributed by atoms with Crippen LogP contribution in [0.4, 0.5) is 5.00 Å². The molecule has 20 nitrogen and oxygen atoms in total. The third-order valence-electron chi connectivity index (χ3n) is 16.1. The van der Waals surface area contributed by atoms with Crippen LogP contribution in [0.3, 0.4) is 0 Å². The van der Waals surface area contributed by atoms with E-state index in [2.05, 4.69) is 5.32 Å². The molecule has 1 aromatic carbocycles. The Morgan fingerprint density at radius 2 is 1.57 bits per heavy atom. The van der Waals surface area contributed by atoms with Crippen LogP contribution < -0.4 is 11.1 Å². The van der Waals surface area contributed by atoms with E-state index in [1.807, 2.05) is 50.3 Å². The molecular weight excluding hydrogens is 1040 g/mol. The lowest BCUT2D eigenvalue weighted by molar-refractivity contribution is -0.340.